The molecule has 3 rings (SSSR count). The van der Waals surface area contributed by atoms with Gasteiger partial charge in [-0.1, -0.05) is 0 Å². The second-order valence-electron chi connectivity index (χ2n) is 8.45. The van der Waals surface area contributed by atoms with E-state index < -0.39 is 68.6 Å². The van der Waals surface area contributed by atoms with E-state index in [1.165, 1.54) is 6.07 Å². The number of carboxylic acid groups (broad SMARTS) is 1. The van der Waals surface area contributed by atoms with Crippen molar-refractivity contribution in [1.29, 1.82) is 0 Å². The molecule has 13 nitrogen and oxygen atoms in total. The summed E-state index contributed by atoms with van der Waals surface area (Å²) in [7, 11) is 0. The summed E-state index contributed by atoms with van der Waals surface area (Å²) in [6.07, 6.45) is 1.33. The number of nitrogens with zero attached hydrogens (tertiary/aromatic N) is 2. The molecule has 0 aromatic heterocycles. The summed E-state index contributed by atoms with van der Waals surface area (Å²) in [5.41, 5.74) is 0.782. The van der Waals surface area contributed by atoms with Crippen LogP contribution < -0.4 is 10.7 Å². The largest absolute Gasteiger partial charge is 0.772 e. The highest BCUT2D eigenvalue weighted by atomic mass is 32.2. The first-order chi connectivity index (χ1) is 15.8. The van der Waals surface area contributed by atoms with Crippen LogP contribution >= 0.6 is 0 Å². The number of likely N-dealkylation sites (tertiary alicyclic amines) is 1. The van der Waals surface area contributed by atoms with Gasteiger partial charge in [-0.15, -0.1) is 0 Å². The summed E-state index contributed by atoms with van der Waals surface area (Å²) in [6.45, 7) is 2.65. The smallest absolute Gasteiger partial charge is 0.328 e. The van der Waals surface area contributed by atoms with E-state index in [1.807, 2.05) is 0 Å². The molecule has 1 aliphatic heterocycles. The van der Waals surface area contributed by atoms with Gasteiger partial charge in [0.05, 0.1) is 4.75 Å². The Morgan fingerprint density at radius 3 is 2.44 bits per heavy atom. The summed E-state index contributed by atoms with van der Waals surface area (Å²) in [6, 6.07) is 1.13. The number of rotatable bonds is 9. The van der Waals surface area contributed by atoms with Gasteiger partial charge in [0.1, 0.15) is 5.54 Å². The fourth-order valence-electron chi connectivity index (χ4n) is 3.65. The molecular weight excluding hydrogens is 472 g/mol. The highest BCUT2D eigenvalue weighted by Crippen LogP contribution is 2.36. The Balaban J connectivity index is 1.73. The number of aromatic hydroxyl groups is 2. The summed E-state index contributed by atoms with van der Waals surface area (Å²) in [5, 5.41) is 34.6. The van der Waals surface area contributed by atoms with Crippen molar-refractivity contribution in [3.8, 4) is 11.5 Å². The second-order valence-corrected chi connectivity index (χ2v) is 9.80. The Labute approximate surface area is 196 Å². The number of aliphatic carboxylic acids is 1. The summed E-state index contributed by atoms with van der Waals surface area (Å²) < 4.78 is 21.8. The number of carbonyl (C=O) groups is 4. The van der Waals surface area contributed by atoms with Crippen LogP contribution in [0, 0.1) is 0 Å². The molecule has 1 saturated heterocycles. The molecule has 184 valence electrons. The molecule has 5 N–H and O–H groups in total. The van der Waals surface area contributed by atoms with E-state index in [-0.39, 0.29) is 24.8 Å². The number of hydrazone groups is 1. The Hall–Kier alpha value is -3.52. The summed E-state index contributed by atoms with van der Waals surface area (Å²) >= 11 is -3.04. The molecule has 0 radical (unpaired) electrons. The number of nitrogens with one attached hydrogen (secondary N) is 2. The number of phenolic OH excluding ortho intramolecular Hbond substituents is 2. The average molecular weight is 495 g/mol. The van der Waals surface area contributed by atoms with Gasteiger partial charge < -0.3 is 30.1 Å². The van der Waals surface area contributed by atoms with Crippen LogP contribution in [-0.2, 0) is 25.5 Å². The van der Waals surface area contributed by atoms with E-state index in [9.17, 15) is 43.3 Å². The molecule has 1 unspecified atom stereocenters. The molecule has 14 heteroatoms. The van der Waals surface area contributed by atoms with E-state index in [4.69, 9.17) is 0 Å². The third-order valence-electron chi connectivity index (χ3n) is 5.91. The fourth-order valence-corrected chi connectivity index (χ4v) is 4.18. The lowest BCUT2D eigenvalue weighted by atomic mass is 9.92. The van der Waals surface area contributed by atoms with Crippen molar-refractivity contribution < 1.29 is 43.3 Å². The van der Waals surface area contributed by atoms with Crippen LogP contribution in [0.2, 0.25) is 0 Å². The molecule has 2 aliphatic rings. The molecule has 1 aromatic rings. The van der Waals surface area contributed by atoms with Crippen molar-refractivity contribution in [2.45, 2.75) is 55.5 Å². The van der Waals surface area contributed by atoms with Gasteiger partial charge >= 0.3 is 5.97 Å². The Morgan fingerprint density at radius 2 is 1.97 bits per heavy atom. The lowest BCUT2D eigenvalue weighted by Crippen LogP contribution is -2.67. The van der Waals surface area contributed by atoms with Crippen molar-refractivity contribution in [1.82, 2.24) is 15.6 Å². The summed E-state index contributed by atoms with van der Waals surface area (Å²) in [4.78, 5) is 49.7. The average Bonchev–Trinajstić information content (AvgIpc) is 3.53. The third-order valence-corrected chi connectivity index (χ3v) is 6.96. The van der Waals surface area contributed by atoms with Gasteiger partial charge in [0.2, 0.25) is 5.91 Å². The predicted molar refractivity (Wildman–Crippen MR) is 116 cm³/mol. The molecule has 3 amide bonds. The molecule has 34 heavy (non-hydrogen) atoms. The van der Waals surface area contributed by atoms with Crippen molar-refractivity contribution in [3.63, 3.8) is 0 Å². The topological polar surface area (TPSA) is 209 Å². The Bertz CT molecular complexity index is 1100. The maximum atomic E-state index is 12.6. The quantitative estimate of drug-likeness (QED) is 0.0950. The predicted octanol–water partition coefficient (Wildman–Crippen LogP) is -0.826. The first-order valence-electron chi connectivity index (χ1n) is 10.1. The molecule has 1 saturated carbocycles. The van der Waals surface area contributed by atoms with E-state index >= 15 is 0 Å². The highest BCUT2D eigenvalue weighted by Gasteiger charge is 2.53. The summed E-state index contributed by atoms with van der Waals surface area (Å²) in [5.74, 6) is -4.47. The molecule has 0 bridgehead atoms. The Morgan fingerprint density at radius 1 is 1.32 bits per heavy atom. The van der Waals surface area contributed by atoms with Gasteiger partial charge in [0.25, 0.3) is 11.8 Å². The first-order valence-corrected chi connectivity index (χ1v) is 11.2. The van der Waals surface area contributed by atoms with Crippen LogP contribution in [0.3, 0.4) is 0 Å². The number of carboxylic acids is 1. The van der Waals surface area contributed by atoms with E-state index in [2.05, 4.69) is 15.8 Å². The lowest BCUT2D eigenvalue weighted by Gasteiger charge is -2.48. The molecule has 1 heterocycles. The number of hydrogen-bond donors (Lipinski definition) is 5. The van der Waals surface area contributed by atoms with Crippen LogP contribution in [-0.4, -0.2) is 81.3 Å². The van der Waals surface area contributed by atoms with Crippen LogP contribution in [0.15, 0.2) is 23.3 Å². The van der Waals surface area contributed by atoms with Crippen molar-refractivity contribution in [3.05, 3.63) is 23.8 Å². The van der Waals surface area contributed by atoms with Crippen LogP contribution in [0.5, 0.6) is 11.5 Å². The molecule has 2 fully saturated rings. The lowest BCUT2D eigenvalue weighted by molar-refractivity contribution is -0.161. The van der Waals surface area contributed by atoms with Crippen molar-refractivity contribution >= 4 is 41.0 Å². The van der Waals surface area contributed by atoms with Crippen LogP contribution in [0.25, 0.3) is 0 Å². The SMILES string of the molecule is C[C@@H]1CC(=O)N1[C@@H](C(=O)O)[C@](C)(/C=N/NC(=O)C1(NC(=O)c2ccc(O)c(O)c2)CC1)S(=O)[O-]. The van der Waals surface area contributed by atoms with Crippen LogP contribution in [0.1, 0.15) is 43.5 Å². The first kappa shape index (κ1) is 25.1. The zero-order valence-corrected chi connectivity index (χ0v) is 19.0. The van der Waals surface area contributed by atoms with Gasteiger partial charge in [-0.25, -0.2) is 10.2 Å². The van der Waals surface area contributed by atoms with Crippen molar-refractivity contribution in [2.75, 3.05) is 0 Å². The zero-order chi connectivity index (χ0) is 25.4. The number of β-lactam (4-membered cyclic amide) rings is 1. The van der Waals surface area contributed by atoms with E-state index in [1.54, 1.807) is 6.92 Å². The van der Waals surface area contributed by atoms with E-state index in [0.717, 1.165) is 30.2 Å². The maximum Gasteiger partial charge on any atom is 0.328 e. The zero-order valence-electron chi connectivity index (χ0n) is 18.2. The number of hydrogen-bond acceptors (Lipinski definition) is 9. The molecule has 4 atom stereocenters. The number of benzene rings is 1. The number of amides is 3. The fraction of sp³-hybridized carbons (Fsp3) is 0.450. The second kappa shape index (κ2) is 9.02. The van der Waals surface area contributed by atoms with Crippen molar-refractivity contribution in [2.24, 2.45) is 5.10 Å². The number of carbonyl (C=O) groups excluding carboxylic acids is 3. The van der Waals surface area contributed by atoms with E-state index in [0.29, 0.717) is 0 Å². The standard InChI is InChI=1S/C20H24N4O9S/c1-10-7-14(27)24(10)15(17(29)30)19(2,34(32)33)9-21-23-18(31)20(5-6-20)22-16(28)11-3-4-12(25)13(26)8-11/h3-4,8-10,15,25-26H,5-7H2,1-2H3,(H,22,28)(H,23,31)(H,29,30)(H,32,33)/p-1/b21-9+/t10-,15+,19+/m1/s1. The Kier molecular flexibility index (Phi) is 6.66. The molecular formula is C20H23N4O9S-. The minimum atomic E-state index is -3.04. The molecule has 1 aliphatic carbocycles. The highest BCUT2D eigenvalue weighted by molar-refractivity contribution is 7.81. The molecule has 0 spiro atoms. The molecule has 1 aromatic carbocycles. The van der Waals surface area contributed by atoms with Gasteiger partial charge in [0.15, 0.2) is 17.5 Å². The van der Waals surface area contributed by atoms with Gasteiger partial charge in [0, 0.05) is 24.2 Å². The minimum Gasteiger partial charge on any atom is -0.772 e. The van der Waals surface area contributed by atoms with Gasteiger partial charge in [-0.2, -0.15) is 5.10 Å². The van der Waals surface area contributed by atoms with Crippen LogP contribution in [0.4, 0.5) is 0 Å². The third kappa shape index (κ3) is 4.59. The van der Waals surface area contributed by atoms with Gasteiger partial charge in [-0.05, 0) is 56.0 Å². The normalized spacial score (nSPS) is 22.3. The van der Waals surface area contributed by atoms with Gasteiger partial charge in [-0.3, -0.25) is 18.6 Å². The monoisotopic (exact) mass is 495 g/mol. The minimum absolute atomic E-state index is 0.00941. The maximum absolute atomic E-state index is 12.6. The number of phenols is 2.